The fourth-order valence-electron chi connectivity index (χ4n) is 3.31. The monoisotopic (exact) mass is 376 g/mol. The first-order valence-corrected chi connectivity index (χ1v) is 9.60. The Labute approximate surface area is 164 Å². The maximum atomic E-state index is 12.0. The molecule has 0 unspecified atom stereocenters. The number of hydrogen-bond acceptors (Lipinski definition) is 5. The van der Waals surface area contributed by atoms with Crippen LogP contribution in [-0.2, 0) is 0 Å². The lowest BCUT2D eigenvalue weighted by atomic mass is 9.99. The van der Waals surface area contributed by atoms with Crippen LogP contribution in [0, 0.1) is 5.92 Å². The van der Waals surface area contributed by atoms with Gasteiger partial charge in [0.05, 0.1) is 18.1 Å². The zero-order chi connectivity index (χ0) is 19.3. The molecule has 28 heavy (non-hydrogen) atoms. The summed E-state index contributed by atoms with van der Waals surface area (Å²) in [6.45, 7) is 4.58. The summed E-state index contributed by atoms with van der Waals surface area (Å²) in [6, 6.07) is 15.4. The number of amides is 1. The van der Waals surface area contributed by atoms with E-state index in [4.69, 9.17) is 4.42 Å². The molecule has 2 aromatic heterocycles. The molecule has 6 nitrogen and oxygen atoms in total. The fourth-order valence-corrected chi connectivity index (χ4v) is 3.31. The fraction of sp³-hybridized carbons (Fsp3) is 0.273. The number of carbonyl (C=O) groups is 1. The molecule has 0 atom stereocenters. The molecule has 144 valence electrons. The summed E-state index contributed by atoms with van der Waals surface area (Å²) < 4.78 is 5.08. The number of piperidine rings is 1. The van der Waals surface area contributed by atoms with E-state index in [0.29, 0.717) is 5.69 Å². The average molecular weight is 376 g/mol. The summed E-state index contributed by atoms with van der Waals surface area (Å²) in [5, 5.41) is 6.04. The van der Waals surface area contributed by atoms with Crippen molar-refractivity contribution in [3.63, 3.8) is 0 Å². The first-order chi connectivity index (χ1) is 13.7. The van der Waals surface area contributed by atoms with Gasteiger partial charge in [-0.25, -0.2) is 4.98 Å². The van der Waals surface area contributed by atoms with Gasteiger partial charge in [-0.1, -0.05) is 6.92 Å². The molecule has 1 aromatic carbocycles. The van der Waals surface area contributed by atoms with E-state index in [2.05, 4.69) is 51.7 Å². The lowest BCUT2D eigenvalue weighted by Gasteiger charge is -2.32. The molecule has 3 heterocycles. The Hall–Kier alpha value is -3.28. The van der Waals surface area contributed by atoms with Crippen LogP contribution in [0.2, 0.25) is 0 Å². The van der Waals surface area contributed by atoms with Crippen LogP contribution in [0.1, 0.15) is 30.3 Å². The minimum absolute atomic E-state index is 0.269. The van der Waals surface area contributed by atoms with Crippen LogP contribution in [0.25, 0.3) is 0 Å². The van der Waals surface area contributed by atoms with Gasteiger partial charge in [-0.05, 0) is 67.3 Å². The number of hydrogen-bond donors (Lipinski definition) is 2. The molecule has 1 amide bonds. The van der Waals surface area contributed by atoms with Crippen LogP contribution in [0.5, 0.6) is 0 Å². The van der Waals surface area contributed by atoms with Crippen molar-refractivity contribution in [3.8, 4) is 0 Å². The molecular formula is C22H24N4O2. The molecular weight excluding hydrogens is 352 g/mol. The summed E-state index contributed by atoms with van der Waals surface area (Å²) in [7, 11) is 0. The number of furan rings is 1. The minimum atomic E-state index is -0.296. The van der Waals surface area contributed by atoms with Crippen LogP contribution in [0.15, 0.2) is 65.4 Å². The molecule has 2 N–H and O–H groups in total. The standard InChI is InChI=1S/C22H24N4O2/c1-16-10-12-26(13-11-16)19-7-4-17(5-8-19)24-21-9-6-18(15-23-21)25-22(27)20-3-2-14-28-20/h2-9,14-16H,10-13H2,1H3,(H,23,24)(H,25,27). The Balaban J connectivity index is 1.34. The predicted molar refractivity (Wildman–Crippen MR) is 111 cm³/mol. The number of aromatic nitrogens is 1. The van der Waals surface area contributed by atoms with Gasteiger partial charge in [0.2, 0.25) is 0 Å². The second-order valence-corrected chi connectivity index (χ2v) is 7.20. The molecule has 1 aliphatic heterocycles. The highest BCUT2D eigenvalue weighted by molar-refractivity contribution is 6.02. The van der Waals surface area contributed by atoms with Gasteiger partial charge in [0.15, 0.2) is 5.76 Å². The van der Waals surface area contributed by atoms with Crippen molar-refractivity contribution in [1.82, 2.24) is 4.98 Å². The van der Waals surface area contributed by atoms with E-state index in [1.165, 1.54) is 24.8 Å². The molecule has 0 saturated carbocycles. The Morgan fingerprint density at radius 2 is 1.82 bits per heavy atom. The van der Waals surface area contributed by atoms with Crippen molar-refractivity contribution < 1.29 is 9.21 Å². The van der Waals surface area contributed by atoms with Crippen molar-refractivity contribution in [2.45, 2.75) is 19.8 Å². The van der Waals surface area contributed by atoms with Crippen molar-refractivity contribution in [2.75, 3.05) is 28.6 Å². The molecule has 1 aliphatic rings. The Morgan fingerprint density at radius 1 is 1.07 bits per heavy atom. The zero-order valence-electron chi connectivity index (χ0n) is 15.9. The molecule has 1 saturated heterocycles. The highest BCUT2D eigenvalue weighted by Gasteiger charge is 2.15. The Kier molecular flexibility index (Phi) is 5.28. The van der Waals surface area contributed by atoms with E-state index >= 15 is 0 Å². The average Bonchev–Trinajstić information content (AvgIpc) is 3.26. The van der Waals surface area contributed by atoms with E-state index in [9.17, 15) is 4.79 Å². The molecule has 0 bridgehead atoms. The van der Waals surface area contributed by atoms with Crippen LogP contribution in [-0.4, -0.2) is 24.0 Å². The van der Waals surface area contributed by atoms with E-state index in [0.717, 1.165) is 30.5 Å². The quantitative estimate of drug-likeness (QED) is 0.662. The molecule has 4 rings (SSSR count). The van der Waals surface area contributed by atoms with Gasteiger partial charge in [-0.3, -0.25) is 4.79 Å². The van der Waals surface area contributed by atoms with E-state index < -0.39 is 0 Å². The number of carbonyl (C=O) groups excluding carboxylic acids is 1. The number of anilines is 4. The maximum absolute atomic E-state index is 12.0. The lowest BCUT2D eigenvalue weighted by Crippen LogP contribution is -2.32. The summed E-state index contributed by atoms with van der Waals surface area (Å²) >= 11 is 0. The molecule has 3 aromatic rings. The number of benzene rings is 1. The van der Waals surface area contributed by atoms with E-state index in [-0.39, 0.29) is 11.7 Å². The Bertz CT molecular complexity index is 897. The number of nitrogens with zero attached hydrogens (tertiary/aromatic N) is 2. The third-order valence-corrected chi connectivity index (χ3v) is 5.05. The maximum Gasteiger partial charge on any atom is 0.291 e. The van der Waals surface area contributed by atoms with Crippen LogP contribution in [0.4, 0.5) is 22.9 Å². The van der Waals surface area contributed by atoms with Crippen LogP contribution in [0.3, 0.4) is 0 Å². The topological polar surface area (TPSA) is 70.4 Å². The largest absolute Gasteiger partial charge is 0.459 e. The van der Waals surface area contributed by atoms with Crippen molar-refractivity contribution in [1.29, 1.82) is 0 Å². The smallest absolute Gasteiger partial charge is 0.291 e. The van der Waals surface area contributed by atoms with Crippen molar-refractivity contribution >= 4 is 28.8 Å². The summed E-state index contributed by atoms with van der Waals surface area (Å²) in [5.41, 5.74) is 2.86. The van der Waals surface area contributed by atoms with Crippen molar-refractivity contribution in [2.24, 2.45) is 5.92 Å². The second kappa shape index (κ2) is 8.17. The van der Waals surface area contributed by atoms with Gasteiger partial charge in [0.25, 0.3) is 5.91 Å². The van der Waals surface area contributed by atoms with Gasteiger partial charge >= 0.3 is 0 Å². The number of nitrogens with one attached hydrogen (secondary N) is 2. The summed E-state index contributed by atoms with van der Waals surface area (Å²) in [6.07, 6.45) is 5.60. The van der Waals surface area contributed by atoms with E-state index in [1.807, 2.05) is 6.07 Å². The SMILES string of the molecule is CC1CCN(c2ccc(Nc3ccc(NC(=O)c4ccco4)cn3)cc2)CC1. The third kappa shape index (κ3) is 4.34. The highest BCUT2D eigenvalue weighted by atomic mass is 16.3. The van der Waals surface area contributed by atoms with Gasteiger partial charge in [0.1, 0.15) is 5.82 Å². The first kappa shape index (κ1) is 18.1. The first-order valence-electron chi connectivity index (χ1n) is 9.60. The molecule has 1 fully saturated rings. The second-order valence-electron chi connectivity index (χ2n) is 7.20. The molecule has 0 radical (unpaired) electrons. The van der Waals surface area contributed by atoms with Crippen molar-refractivity contribution in [3.05, 3.63) is 66.8 Å². The van der Waals surface area contributed by atoms with Gasteiger partial charge in [0, 0.05) is 24.5 Å². The van der Waals surface area contributed by atoms with E-state index in [1.54, 1.807) is 24.4 Å². The number of pyridine rings is 1. The predicted octanol–water partition coefficient (Wildman–Crippen LogP) is 4.91. The van der Waals surface area contributed by atoms with Crippen LogP contribution < -0.4 is 15.5 Å². The highest BCUT2D eigenvalue weighted by Crippen LogP contribution is 2.25. The lowest BCUT2D eigenvalue weighted by molar-refractivity contribution is 0.0996. The van der Waals surface area contributed by atoms with Crippen LogP contribution >= 0.6 is 0 Å². The van der Waals surface area contributed by atoms with Gasteiger partial charge in [-0.2, -0.15) is 0 Å². The van der Waals surface area contributed by atoms with Gasteiger partial charge in [-0.15, -0.1) is 0 Å². The number of rotatable bonds is 5. The molecule has 0 spiro atoms. The van der Waals surface area contributed by atoms with Gasteiger partial charge < -0.3 is 20.0 Å². The molecule has 6 heteroatoms. The Morgan fingerprint density at radius 3 is 2.46 bits per heavy atom. The minimum Gasteiger partial charge on any atom is -0.459 e. The summed E-state index contributed by atoms with van der Waals surface area (Å²) in [5.74, 6) is 1.52. The molecule has 0 aliphatic carbocycles. The third-order valence-electron chi connectivity index (χ3n) is 5.05. The zero-order valence-corrected chi connectivity index (χ0v) is 15.9. The normalized spacial score (nSPS) is 14.7. The summed E-state index contributed by atoms with van der Waals surface area (Å²) in [4.78, 5) is 18.8.